The molecule has 2 heterocycles. The molecule has 32 heavy (non-hydrogen) atoms. The van der Waals surface area contributed by atoms with Crippen molar-refractivity contribution in [3.8, 4) is 0 Å². The second kappa shape index (κ2) is 10.1. The van der Waals surface area contributed by atoms with Gasteiger partial charge in [0, 0.05) is 34.9 Å². The van der Waals surface area contributed by atoms with Gasteiger partial charge in [0.15, 0.2) is 0 Å². The van der Waals surface area contributed by atoms with Crippen molar-refractivity contribution in [2.45, 2.75) is 43.5 Å². The minimum Gasteiger partial charge on any atom is -0.371 e. The molecule has 1 saturated heterocycles. The zero-order valence-corrected chi connectivity index (χ0v) is 19.0. The van der Waals surface area contributed by atoms with Gasteiger partial charge < -0.3 is 20.9 Å². The average molecular weight is 453 g/mol. The highest BCUT2D eigenvalue weighted by molar-refractivity contribution is 8.00. The fourth-order valence-electron chi connectivity index (χ4n) is 4.01. The molecule has 0 bridgehead atoms. The molecule has 2 aromatic rings. The molecule has 3 amide bonds. The Hall–Kier alpha value is -3.00. The summed E-state index contributed by atoms with van der Waals surface area (Å²) in [7, 11) is 0. The average Bonchev–Trinajstić information content (AvgIpc) is 3.33. The first-order valence-corrected chi connectivity index (χ1v) is 12.1. The minimum atomic E-state index is -0.650. The van der Waals surface area contributed by atoms with Gasteiger partial charge in [0.25, 0.3) is 5.91 Å². The van der Waals surface area contributed by atoms with E-state index in [1.54, 1.807) is 12.1 Å². The first-order valence-electron chi connectivity index (χ1n) is 11.1. The SMILES string of the molecule is CCCC(NC(=O)c1ccc2c(c1)NC(=O)CS2)C(=O)Nc1cccc(N2CCCC2)c1. The van der Waals surface area contributed by atoms with Crippen LogP contribution in [-0.4, -0.2) is 42.6 Å². The Kier molecular flexibility index (Phi) is 6.99. The fourth-order valence-corrected chi connectivity index (χ4v) is 4.80. The van der Waals surface area contributed by atoms with E-state index in [1.165, 1.54) is 24.6 Å². The molecule has 2 aromatic carbocycles. The Bertz CT molecular complexity index is 1020. The molecular formula is C24H28N4O3S. The molecule has 0 saturated carbocycles. The van der Waals surface area contributed by atoms with Crippen molar-refractivity contribution in [1.29, 1.82) is 0 Å². The number of rotatable bonds is 7. The second-order valence-corrected chi connectivity index (χ2v) is 9.11. The molecule has 1 fully saturated rings. The Morgan fingerprint density at radius 2 is 1.97 bits per heavy atom. The lowest BCUT2D eigenvalue weighted by Crippen LogP contribution is -2.43. The van der Waals surface area contributed by atoms with Crippen LogP contribution in [0.15, 0.2) is 47.4 Å². The third-order valence-electron chi connectivity index (χ3n) is 5.66. The number of amides is 3. The molecule has 0 radical (unpaired) electrons. The van der Waals surface area contributed by atoms with Crippen LogP contribution in [0, 0.1) is 0 Å². The van der Waals surface area contributed by atoms with Crippen LogP contribution in [0.5, 0.6) is 0 Å². The summed E-state index contributed by atoms with van der Waals surface area (Å²) in [6.45, 7) is 4.05. The van der Waals surface area contributed by atoms with Gasteiger partial charge in [-0.1, -0.05) is 19.4 Å². The normalized spacial score (nSPS) is 16.2. The number of nitrogens with zero attached hydrogens (tertiary/aromatic N) is 1. The van der Waals surface area contributed by atoms with Crippen LogP contribution in [0.2, 0.25) is 0 Å². The van der Waals surface area contributed by atoms with Gasteiger partial charge in [-0.15, -0.1) is 11.8 Å². The van der Waals surface area contributed by atoms with Gasteiger partial charge in [0.05, 0.1) is 11.4 Å². The first kappa shape index (κ1) is 22.2. The van der Waals surface area contributed by atoms with E-state index in [1.807, 2.05) is 31.2 Å². The van der Waals surface area contributed by atoms with Gasteiger partial charge in [-0.05, 0) is 55.7 Å². The number of fused-ring (bicyclic) bond motifs is 1. The van der Waals surface area contributed by atoms with E-state index in [0.717, 1.165) is 35.8 Å². The van der Waals surface area contributed by atoms with Crippen LogP contribution >= 0.6 is 11.8 Å². The number of nitrogens with one attached hydrogen (secondary N) is 3. The smallest absolute Gasteiger partial charge is 0.252 e. The van der Waals surface area contributed by atoms with Crippen LogP contribution in [0.3, 0.4) is 0 Å². The van der Waals surface area contributed by atoms with Crippen LogP contribution in [0.1, 0.15) is 43.0 Å². The molecule has 0 aliphatic carbocycles. The third-order valence-corrected chi connectivity index (χ3v) is 6.73. The predicted octanol–water partition coefficient (Wildman–Crippen LogP) is 3.87. The van der Waals surface area contributed by atoms with Gasteiger partial charge in [-0.3, -0.25) is 14.4 Å². The lowest BCUT2D eigenvalue weighted by molar-refractivity contribution is -0.118. The second-order valence-electron chi connectivity index (χ2n) is 8.10. The Morgan fingerprint density at radius 3 is 2.75 bits per heavy atom. The summed E-state index contributed by atoms with van der Waals surface area (Å²) in [6, 6.07) is 12.4. The maximum atomic E-state index is 13.0. The van der Waals surface area contributed by atoms with Crippen LogP contribution in [0.25, 0.3) is 0 Å². The quantitative estimate of drug-likeness (QED) is 0.593. The van der Waals surface area contributed by atoms with Crippen LogP contribution in [0.4, 0.5) is 17.1 Å². The summed E-state index contributed by atoms with van der Waals surface area (Å²) in [5.41, 5.74) is 2.87. The highest BCUT2D eigenvalue weighted by Gasteiger charge is 2.23. The van der Waals surface area contributed by atoms with Crippen LogP contribution < -0.4 is 20.9 Å². The lowest BCUT2D eigenvalue weighted by atomic mass is 10.1. The van der Waals surface area contributed by atoms with E-state index < -0.39 is 6.04 Å². The summed E-state index contributed by atoms with van der Waals surface area (Å²) in [5, 5.41) is 8.62. The van der Waals surface area contributed by atoms with Crippen molar-refractivity contribution >= 4 is 46.5 Å². The summed E-state index contributed by atoms with van der Waals surface area (Å²) < 4.78 is 0. The van der Waals surface area contributed by atoms with E-state index in [2.05, 4.69) is 26.9 Å². The third kappa shape index (κ3) is 5.24. The van der Waals surface area contributed by atoms with Gasteiger partial charge >= 0.3 is 0 Å². The molecule has 7 nitrogen and oxygen atoms in total. The largest absolute Gasteiger partial charge is 0.371 e. The number of anilines is 3. The molecule has 0 aromatic heterocycles. The molecule has 8 heteroatoms. The summed E-state index contributed by atoms with van der Waals surface area (Å²) >= 11 is 1.44. The van der Waals surface area contributed by atoms with Crippen molar-refractivity contribution in [3.05, 3.63) is 48.0 Å². The number of benzene rings is 2. The van der Waals surface area contributed by atoms with Crippen molar-refractivity contribution in [1.82, 2.24) is 5.32 Å². The molecular weight excluding hydrogens is 424 g/mol. The molecule has 3 N–H and O–H groups in total. The van der Waals surface area contributed by atoms with E-state index in [-0.39, 0.29) is 17.7 Å². The molecule has 168 valence electrons. The predicted molar refractivity (Wildman–Crippen MR) is 128 cm³/mol. The van der Waals surface area contributed by atoms with Crippen LogP contribution in [-0.2, 0) is 9.59 Å². The highest BCUT2D eigenvalue weighted by atomic mass is 32.2. The first-order chi connectivity index (χ1) is 15.5. The van der Waals surface area contributed by atoms with Crippen molar-refractivity contribution in [2.24, 2.45) is 0 Å². The highest BCUT2D eigenvalue weighted by Crippen LogP contribution is 2.32. The maximum Gasteiger partial charge on any atom is 0.252 e. The number of carbonyl (C=O) groups excluding carboxylic acids is 3. The number of hydrogen-bond acceptors (Lipinski definition) is 5. The summed E-state index contributed by atoms with van der Waals surface area (Å²) in [6.07, 6.45) is 3.66. The van der Waals surface area contributed by atoms with Gasteiger partial charge in [0.2, 0.25) is 11.8 Å². The fraction of sp³-hybridized carbons (Fsp3) is 0.375. The molecule has 4 rings (SSSR count). The molecule has 2 aliphatic rings. The van der Waals surface area contributed by atoms with Crippen molar-refractivity contribution < 1.29 is 14.4 Å². The Morgan fingerprint density at radius 1 is 1.16 bits per heavy atom. The zero-order chi connectivity index (χ0) is 22.5. The van der Waals surface area contributed by atoms with E-state index in [4.69, 9.17) is 0 Å². The van der Waals surface area contributed by atoms with Crippen molar-refractivity contribution in [3.63, 3.8) is 0 Å². The summed E-state index contributed by atoms with van der Waals surface area (Å²) in [5.74, 6) is -0.284. The molecule has 2 aliphatic heterocycles. The van der Waals surface area contributed by atoms with Crippen molar-refractivity contribution in [2.75, 3.05) is 34.4 Å². The number of carbonyl (C=O) groups is 3. The Balaban J connectivity index is 1.43. The standard InChI is InChI=1S/C24H28N4O3S/c1-2-6-19(24(31)25-17-7-5-8-18(14-17)28-11-3-4-12-28)27-23(30)16-9-10-21-20(13-16)26-22(29)15-32-21/h5,7-10,13-14,19H,2-4,6,11-12,15H2,1H3,(H,25,31)(H,26,29)(H,27,30). The van der Waals surface area contributed by atoms with Gasteiger partial charge in [0.1, 0.15) is 6.04 Å². The van der Waals surface area contributed by atoms with E-state index in [9.17, 15) is 14.4 Å². The van der Waals surface area contributed by atoms with Gasteiger partial charge in [-0.25, -0.2) is 0 Å². The van der Waals surface area contributed by atoms with E-state index >= 15 is 0 Å². The maximum absolute atomic E-state index is 13.0. The van der Waals surface area contributed by atoms with Gasteiger partial charge in [-0.2, -0.15) is 0 Å². The molecule has 1 atom stereocenters. The monoisotopic (exact) mass is 452 g/mol. The lowest BCUT2D eigenvalue weighted by Gasteiger charge is -2.21. The zero-order valence-electron chi connectivity index (χ0n) is 18.1. The molecule has 1 unspecified atom stereocenters. The minimum absolute atomic E-state index is 0.0838. The topological polar surface area (TPSA) is 90.5 Å². The molecule has 0 spiro atoms. The number of thioether (sulfide) groups is 1. The number of hydrogen-bond donors (Lipinski definition) is 3. The van der Waals surface area contributed by atoms with E-state index in [0.29, 0.717) is 23.4 Å². The Labute approximate surface area is 192 Å². The summed E-state index contributed by atoms with van der Waals surface area (Å²) in [4.78, 5) is 40.7.